The number of halogens is 3. The summed E-state index contributed by atoms with van der Waals surface area (Å²) in [5.74, 6) is -4.57. The number of carbonyl (C=O) groups is 1. The van der Waals surface area contributed by atoms with Crippen molar-refractivity contribution < 1.29 is 22.7 Å². The van der Waals surface area contributed by atoms with Gasteiger partial charge in [0.2, 0.25) is 0 Å². The molecule has 6 heteroatoms. The molecule has 1 amide bonds. The van der Waals surface area contributed by atoms with Gasteiger partial charge in [-0.05, 0) is 36.4 Å². The van der Waals surface area contributed by atoms with Crippen molar-refractivity contribution in [2.45, 2.75) is 0 Å². The summed E-state index contributed by atoms with van der Waals surface area (Å²) in [4.78, 5) is 11.8. The van der Waals surface area contributed by atoms with Crippen LogP contribution >= 0.6 is 0 Å². The zero-order valence-corrected chi connectivity index (χ0v) is 10.4. The Labute approximate surface area is 113 Å². The molecule has 2 aromatic carbocycles. The van der Waals surface area contributed by atoms with Gasteiger partial charge in [0.05, 0.1) is 7.11 Å². The molecule has 0 saturated carbocycles. The molecule has 1 N–H and O–H groups in total. The van der Waals surface area contributed by atoms with Crippen LogP contribution in [0.2, 0.25) is 0 Å². The number of carbonyl (C=O) groups excluding carboxylic acids is 1. The van der Waals surface area contributed by atoms with E-state index in [2.05, 4.69) is 5.32 Å². The second-order valence-electron chi connectivity index (χ2n) is 3.94. The predicted molar refractivity (Wildman–Crippen MR) is 67.3 cm³/mol. The highest BCUT2D eigenvalue weighted by Crippen LogP contribution is 2.18. The van der Waals surface area contributed by atoms with E-state index in [-0.39, 0.29) is 5.56 Å². The Morgan fingerprint density at radius 1 is 1.05 bits per heavy atom. The molecule has 2 aromatic rings. The zero-order valence-electron chi connectivity index (χ0n) is 10.4. The highest BCUT2D eigenvalue weighted by Gasteiger charge is 2.15. The Hall–Kier alpha value is -2.50. The van der Waals surface area contributed by atoms with E-state index < -0.39 is 23.4 Å². The number of methoxy groups -OCH3 is 1. The normalized spacial score (nSPS) is 10.2. The molecule has 3 nitrogen and oxygen atoms in total. The summed E-state index contributed by atoms with van der Waals surface area (Å²) < 4.78 is 43.8. The molecule has 0 saturated heterocycles. The van der Waals surface area contributed by atoms with E-state index in [0.717, 1.165) is 0 Å². The van der Waals surface area contributed by atoms with Crippen molar-refractivity contribution in [2.24, 2.45) is 0 Å². The number of nitrogens with one attached hydrogen (secondary N) is 1. The average molecular weight is 281 g/mol. The molecule has 0 heterocycles. The van der Waals surface area contributed by atoms with E-state index in [4.69, 9.17) is 4.74 Å². The van der Waals surface area contributed by atoms with Crippen LogP contribution in [0.25, 0.3) is 0 Å². The van der Waals surface area contributed by atoms with Crippen LogP contribution in [0.1, 0.15) is 10.4 Å². The Morgan fingerprint density at radius 3 is 2.10 bits per heavy atom. The van der Waals surface area contributed by atoms with Crippen molar-refractivity contribution in [3.8, 4) is 5.75 Å². The number of rotatable bonds is 3. The number of ether oxygens (including phenoxy) is 1. The van der Waals surface area contributed by atoms with Gasteiger partial charge in [-0.3, -0.25) is 4.79 Å². The summed E-state index contributed by atoms with van der Waals surface area (Å²) in [6.45, 7) is 0. The minimum atomic E-state index is -1.61. The summed E-state index contributed by atoms with van der Waals surface area (Å²) in [6.07, 6.45) is 0. The van der Waals surface area contributed by atoms with Gasteiger partial charge < -0.3 is 10.1 Å². The summed E-state index contributed by atoms with van der Waals surface area (Å²) in [5, 5.41) is 2.43. The highest BCUT2D eigenvalue weighted by molar-refractivity contribution is 6.04. The molecule has 0 aliphatic carbocycles. The van der Waals surface area contributed by atoms with Crippen molar-refractivity contribution in [3.63, 3.8) is 0 Å². The molecule has 0 aromatic heterocycles. The Morgan fingerprint density at radius 2 is 1.60 bits per heavy atom. The van der Waals surface area contributed by atoms with Gasteiger partial charge in [0.25, 0.3) is 5.91 Å². The molecule has 0 aliphatic rings. The number of hydrogen-bond acceptors (Lipinski definition) is 2. The zero-order chi connectivity index (χ0) is 14.7. The van der Waals surface area contributed by atoms with Crippen LogP contribution in [-0.2, 0) is 0 Å². The maximum absolute atomic E-state index is 13.0. The SMILES string of the molecule is COc1ccc(NC(=O)c2cc(F)c(F)c(F)c2)cc1. The lowest BCUT2D eigenvalue weighted by Crippen LogP contribution is -2.13. The van der Waals surface area contributed by atoms with Gasteiger partial charge in [0, 0.05) is 11.3 Å². The monoisotopic (exact) mass is 281 g/mol. The van der Waals surface area contributed by atoms with Crippen LogP contribution in [0.15, 0.2) is 36.4 Å². The Balaban J connectivity index is 2.19. The van der Waals surface area contributed by atoms with Crippen LogP contribution in [0.4, 0.5) is 18.9 Å². The second-order valence-corrected chi connectivity index (χ2v) is 3.94. The van der Waals surface area contributed by atoms with Crippen molar-refractivity contribution in [1.82, 2.24) is 0 Å². The molecule has 0 atom stereocenters. The molecule has 0 aliphatic heterocycles. The molecule has 0 unspecified atom stereocenters. The largest absolute Gasteiger partial charge is 0.497 e. The highest BCUT2D eigenvalue weighted by atomic mass is 19.2. The summed E-state index contributed by atoms with van der Waals surface area (Å²) >= 11 is 0. The van der Waals surface area contributed by atoms with Crippen molar-refractivity contribution in [3.05, 3.63) is 59.4 Å². The lowest BCUT2D eigenvalue weighted by Gasteiger charge is -2.07. The fourth-order valence-electron chi connectivity index (χ4n) is 1.56. The number of hydrogen-bond donors (Lipinski definition) is 1. The maximum atomic E-state index is 13.0. The molecular formula is C14H10F3NO2. The molecule has 104 valence electrons. The first-order valence-corrected chi connectivity index (χ1v) is 5.61. The summed E-state index contributed by atoms with van der Waals surface area (Å²) in [7, 11) is 1.50. The quantitative estimate of drug-likeness (QED) is 0.876. The first-order valence-electron chi connectivity index (χ1n) is 5.61. The van der Waals surface area contributed by atoms with Crippen molar-refractivity contribution >= 4 is 11.6 Å². The Bertz CT molecular complexity index is 618. The van der Waals surface area contributed by atoms with Gasteiger partial charge in [-0.2, -0.15) is 0 Å². The van der Waals surface area contributed by atoms with Crippen LogP contribution in [0, 0.1) is 17.5 Å². The van der Waals surface area contributed by atoms with Gasteiger partial charge >= 0.3 is 0 Å². The second kappa shape index (κ2) is 5.64. The number of amides is 1. The van der Waals surface area contributed by atoms with Crippen LogP contribution in [0.3, 0.4) is 0 Å². The number of anilines is 1. The lowest BCUT2D eigenvalue weighted by molar-refractivity contribution is 0.102. The van der Waals surface area contributed by atoms with E-state index in [0.29, 0.717) is 23.6 Å². The lowest BCUT2D eigenvalue weighted by atomic mass is 10.2. The first kappa shape index (κ1) is 13.9. The van der Waals surface area contributed by atoms with Gasteiger partial charge in [-0.15, -0.1) is 0 Å². The maximum Gasteiger partial charge on any atom is 0.255 e. The van der Waals surface area contributed by atoms with Crippen molar-refractivity contribution in [1.29, 1.82) is 0 Å². The molecule has 0 bridgehead atoms. The predicted octanol–water partition coefficient (Wildman–Crippen LogP) is 3.36. The molecule has 20 heavy (non-hydrogen) atoms. The minimum absolute atomic E-state index is 0.308. The van der Waals surface area contributed by atoms with Crippen LogP contribution < -0.4 is 10.1 Å². The van der Waals surface area contributed by atoms with E-state index in [1.54, 1.807) is 24.3 Å². The van der Waals surface area contributed by atoms with E-state index in [9.17, 15) is 18.0 Å². The van der Waals surface area contributed by atoms with E-state index >= 15 is 0 Å². The Kier molecular flexibility index (Phi) is 3.93. The van der Waals surface area contributed by atoms with Crippen LogP contribution in [0.5, 0.6) is 5.75 Å². The van der Waals surface area contributed by atoms with Crippen molar-refractivity contribution in [2.75, 3.05) is 12.4 Å². The van der Waals surface area contributed by atoms with E-state index in [1.165, 1.54) is 7.11 Å². The summed E-state index contributed by atoms with van der Waals surface area (Å²) in [5.41, 5.74) is 0.109. The van der Waals surface area contributed by atoms with Gasteiger partial charge in [-0.1, -0.05) is 0 Å². The number of benzene rings is 2. The topological polar surface area (TPSA) is 38.3 Å². The van der Waals surface area contributed by atoms with E-state index in [1.807, 2.05) is 0 Å². The smallest absolute Gasteiger partial charge is 0.255 e. The van der Waals surface area contributed by atoms with Gasteiger partial charge in [0.15, 0.2) is 17.5 Å². The molecule has 0 fully saturated rings. The standard InChI is InChI=1S/C14H10F3NO2/c1-20-10-4-2-9(3-5-10)18-14(19)8-6-11(15)13(17)12(16)7-8/h2-7H,1H3,(H,18,19). The first-order chi connectivity index (χ1) is 9.51. The molecular weight excluding hydrogens is 271 g/mol. The summed E-state index contributed by atoms with van der Waals surface area (Å²) in [6, 6.07) is 7.62. The van der Waals surface area contributed by atoms with Crippen LogP contribution in [-0.4, -0.2) is 13.0 Å². The molecule has 0 radical (unpaired) electrons. The molecule has 0 spiro atoms. The van der Waals surface area contributed by atoms with Gasteiger partial charge in [-0.25, -0.2) is 13.2 Å². The third-order valence-corrected chi connectivity index (χ3v) is 2.59. The third kappa shape index (κ3) is 2.90. The average Bonchev–Trinajstić information content (AvgIpc) is 2.45. The van der Waals surface area contributed by atoms with Gasteiger partial charge in [0.1, 0.15) is 5.75 Å². The fraction of sp³-hybridized carbons (Fsp3) is 0.0714. The third-order valence-electron chi connectivity index (χ3n) is 2.59. The molecule has 2 rings (SSSR count). The fourth-order valence-corrected chi connectivity index (χ4v) is 1.56. The minimum Gasteiger partial charge on any atom is -0.497 e.